The maximum absolute atomic E-state index is 13.0. The van der Waals surface area contributed by atoms with Gasteiger partial charge in [-0.1, -0.05) is 23.7 Å². The predicted molar refractivity (Wildman–Crippen MR) is 118 cm³/mol. The maximum atomic E-state index is 13.0. The van der Waals surface area contributed by atoms with Crippen molar-refractivity contribution in [2.45, 2.75) is 44.3 Å². The molecular weight excluding hydrogens is 408 g/mol. The Morgan fingerprint density at radius 3 is 2.45 bits per heavy atom. The van der Waals surface area contributed by atoms with E-state index in [9.17, 15) is 9.59 Å². The number of rotatable bonds is 9. The van der Waals surface area contributed by atoms with Crippen molar-refractivity contribution in [1.29, 1.82) is 0 Å². The van der Waals surface area contributed by atoms with Crippen molar-refractivity contribution >= 4 is 35.2 Å². The van der Waals surface area contributed by atoms with E-state index >= 15 is 0 Å². The minimum atomic E-state index is -0.595. The average Bonchev–Trinajstić information content (AvgIpc) is 2.70. The third kappa shape index (κ3) is 7.29. The van der Waals surface area contributed by atoms with E-state index in [1.165, 1.54) is 11.8 Å². The summed E-state index contributed by atoms with van der Waals surface area (Å²) in [5.74, 6) is 0.655. The molecule has 2 rings (SSSR count). The zero-order valence-corrected chi connectivity index (χ0v) is 18.7. The molecule has 0 radical (unpaired) electrons. The number of ether oxygens (including phenoxy) is 1. The Labute approximate surface area is 181 Å². The van der Waals surface area contributed by atoms with Gasteiger partial charge in [0, 0.05) is 22.5 Å². The summed E-state index contributed by atoms with van der Waals surface area (Å²) in [6.45, 7) is 5.87. The number of nitrogens with zero attached hydrogens (tertiary/aromatic N) is 1. The van der Waals surface area contributed by atoms with Crippen LogP contribution >= 0.6 is 23.4 Å². The van der Waals surface area contributed by atoms with Gasteiger partial charge in [0.05, 0.1) is 12.9 Å². The lowest BCUT2D eigenvalue weighted by Crippen LogP contribution is -2.49. The molecule has 0 aliphatic carbocycles. The zero-order chi connectivity index (χ0) is 21.4. The van der Waals surface area contributed by atoms with Gasteiger partial charge in [0.25, 0.3) is 0 Å². The van der Waals surface area contributed by atoms with Crippen LogP contribution in [0.25, 0.3) is 0 Å². The molecule has 2 amide bonds. The number of benzene rings is 2. The number of hydrogen-bond acceptors (Lipinski definition) is 4. The van der Waals surface area contributed by atoms with Crippen LogP contribution in [-0.4, -0.2) is 41.7 Å². The minimum absolute atomic E-state index is 0.00200. The van der Waals surface area contributed by atoms with E-state index in [1.807, 2.05) is 50.2 Å². The van der Waals surface area contributed by atoms with Gasteiger partial charge in [0.15, 0.2) is 0 Å². The van der Waals surface area contributed by atoms with Crippen molar-refractivity contribution < 1.29 is 14.3 Å². The Hall–Kier alpha value is -2.18. The van der Waals surface area contributed by atoms with E-state index in [-0.39, 0.29) is 23.6 Å². The van der Waals surface area contributed by atoms with Crippen LogP contribution in [0.15, 0.2) is 53.4 Å². The van der Waals surface area contributed by atoms with Crippen molar-refractivity contribution in [2.75, 3.05) is 12.9 Å². The first-order valence-electron chi connectivity index (χ1n) is 9.41. The van der Waals surface area contributed by atoms with Gasteiger partial charge in [0.2, 0.25) is 11.8 Å². The standard InChI is InChI=1S/C22H27ClN2O3S/c1-15(2)24-22(27)16(3)25(13-17-6-5-7-19(12-17)28-4)21(26)14-29-20-10-8-18(23)9-11-20/h5-12,15-16H,13-14H2,1-4H3,(H,24,27)/t16-/m1/s1. The molecule has 0 aromatic heterocycles. The first-order chi connectivity index (χ1) is 13.8. The molecule has 0 aliphatic heterocycles. The molecule has 5 nitrogen and oxygen atoms in total. The van der Waals surface area contributed by atoms with Gasteiger partial charge in [0.1, 0.15) is 11.8 Å². The molecule has 2 aromatic carbocycles. The van der Waals surface area contributed by atoms with Gasteiger partial charge in [-0.3, -0.25) is 9.59 Å². The number of carbonyl (C=O) groups excluding carboxylic acids is 2. The first-order valence-corrected chi connectivity index (χ1v) is 10.8. The molecule has 0 unspecified atom stereocenters. The first kappa shape index (κ1) is 23.1. The van der Waals surface area contributed by atoms with Crippen LogP contribution in [0.3, 0.4) is 0 Å². The van der Waals surface area contributed by atoms with Gasteiger partial charge in [-0.15, -0.1) is 11.8 Å². The lowest BCUT2D eigenvalue weighted by atomic mass is 10.1. The smallest absolute Gasteiger partial charge is 0.242 e. The highest BCUT2D eigenvalue weighted by atomic mass is 35.5. The summed E-state index contributed by atoms with van der Waals surface area (Å²) in [5, 5.41) is 3.54. The van der Waals surface area contributed by atoms with E-state index < -0.39 is 6.04 Å². The molecule has 1 N–H and O–H groups in total. The van der Waals surface area contributed by atoms with Gasteiger partial charge < -0.3 is 15.0 Å². The Bertz CT molecular complexity index is 827. The molecule has 0 saturated carbocycles. The fourth-order valence-electron chi connectivity index (χ4n) is 2.71. The van der Waals surface area contributed by atoms with E-state index in [4.69, 9.17) is 16.3 Å². The van der Waals surface area contributed by atoms with Crippen LogP contribution in [0.4, 0.5) is 0 Å². The van der Waals surface area contributed by atoms with Crippen LogP contribution in [0.5, 0.6) is 5.75 Å². The summed E-state index contributed by atoms with van der Waals surface area (Å²) >= 11 is 7.34. The maximum Gasteiger partial charge on any atom is 0.242 e. The fourth-order valence-corrected chi connectivity index (χ4v) is 3.62. The van der Waals surface area contributed by atoms with Crippen LogP contribution < -0.4 is 10.1 Å². The molecular formula is C22H27ClN2O3S. The number of halogens is 1. The SMILES string of the molecule is COc1cccc(CN(C(=O)CSc2ccc(Cl)cc2)[C@H](C)C(=O)NC(C)C)c1. The third-order valence-electron chi connectivity index (χ3n) is 4.26. The number of amides is 2. The lowest BCUT2D eigenvalue weighted by Gasteiger charge is -2.29. The number of nitrogens with one attached hydrogen (secondary N) is 1. The second-order valence-electron chi connectivity index (χ2n) is 6.96. The van der Waals surface area contributed by atoms with Crippen molar-refractivity contribution in [3.63, 3.8) is 0 Å². The highest BCUT2D eigenvalue weighted by molar-refractivity contribution is 8.00. The van der Waals surface area contributed by atoms with Crippen LogP contribution in [0.2, 0.25) is 5.02 Å². The van der Waals surface area contributed by atoms with Gasteiger partial charge >= 0.3 is 0 Å². The molecule has 0 saturated heterocycles. The van der Waals surface area contributed by atoms with Crippen LogP contribution in [-0.2, 0) is 16.1 Å². The van der Waals surface area contributed by atoms with Crippen LogP contribution in [0, 0.1) is 0 Å². The van der Waals surface area contributed by atoms with Crippen molar-refractivity contribution in [3.05, 3.63) is 59.1 Å². The largest absolute Gasteiger partial charge is 0.497 e. The molecule has 0 heterocycles. The Balaban J connectivity index is 2.16. The molecule has 0 bridgehead atoms. The molecule has 156 valence electrons. The van der Waals surface area contributed by atoms with Gasteiger partial charge in [-0.25, -0.2) is 0 Å². The minimum Gasteiger partial charge on any atom is -0.497 e. The summed E-state index contributed by atoms with van der Waals surface area (Å²) in [4.78, 5) is 28.2. The normalized spacial score (nSPS) is 11.8. The summed E-state index contributed by atoms with van der Waals surface area (Å²) in [6, 6.07) is 14.3. The summed E-state index contributed by atoms with van der Waals surface area (Å²) < 4.78 is 5.27. The second-order valence-corrected chi connectivity index (χ2v) is 8.44. The van der Waals surface area contributed by atoms with E-state index in [0.29, 0.717) is 17.3 Å². The van der Waals surface area contributed by atoms with Crippen LogP contribution in [0.1, 0.15) is 26.3 Å². The number of thioether (sulfide) groups is 1. The Morgan fingerprint density at radius 2 is 1.83 bits per heavy atom. The zero-order valence-electron chi connectivity index (χ0n) is 17.1. The topological polar surface area (TPSA) is 58.6 Å². The molecule has 0 fully saturated rings. The predicted octanol–water partition coefficient (Wildman–Crippen LogP) is 4.38. The summed E-state index contributed by atoms with van der Waals surface area (Å²) in [5.41, 5.74) is 0.901. The third-order valence-corrected chi connectivity index (χ3v) is 5.51. The fraction of sp³-hybridized carbons (Fsp3) is 0.364. The van der Waals surface area contributed by atoms with Crippen molar-refractivity contribution in [1.82, 2.24) is 10.2 Å². The van der Waals surface area contributed by atoms with E-state index in [0.717, 1.165) is 10.5 Å². The van der Waals surface area contributed by atoms with Gasteiger partial charge in [-0.05, 0) is 62.7 Å². The quantitative estimate of drug-likeness (QED) is 0.595. The molecule has 2 aromatic rings. The molecule has 7 heteroatoms. The number of hydrogen-bond donors (Lipinski definition) is 1. The van der Waals surface area contributed by atoms with E-state index in [2.05, 4.69) is 5.32 Å². The average molecular weight is 435 g/mol. The van der Waals surface area contributed by atoms with E-state index in [1.54, 1.807) is 31.1 Å². The molecule has 0 spiro atoms. The molecule has 1 atom stereocenters. The highest BCUT2D eigenvalue weighted by Gasteiger charge is 2.26. The molecule has 0 aliphatic rings. The Morgan fingerprint density at radius 1 is 1.14 bits per heavy atom. The Kier molecular flexibility index (Phi) is 8.86. The molecule has 29 heavy (non-hydrogen) atoms. The lowest BCUT2D eigenvalue weighted by molar-refractivity contribution is -0.138. The number of methoxy groups -OCH3 is 1. The summed E-state index contributed by atoms with van der Waals surface area (Å²) in [7, 11) is 1.60. The monoisotopic (exact) mass is 434 g/mol. The number of carbonyl (C=O) groups is 2. The van der Waals surface area contributed by atoms with Gasteiger partial charge in [-0.2, -0.15) is 0 Å². The highest BCUT2D eigenvalue weighted by Crippen LogP contribution is 2.22. The van der Waals surface area contributed by atoms with Crippen molar-refractivity contribution in [2.24, 2.45) is 0 Å². The summed E-state index contributed by atoms with van der Waals surface area (Å²) in [6.07, 6.45) is 0. The second kappa shape index (κ2) is 11.1. The van der Waals surface area contributed by atoms with Crippen molar-refractivity contribution in [3.8, 4) is 5.75 Å².